The third kappa shape index (κ3) is 5.95. The van der Waals surface area contributed by atoms with Gasteiger partial charge >= 0.3 is 0 Å². The van der Waals surface area contributed by atoms with Crippen LogP contribution in [-0.2, 0) is 6.54 Å². The number of ether oxygens (including phenoxy) is 2. The zero-order valence-electron chi connectivity index (χ0n) is 14.6. The van der Waals surface area contributed by atoms with Gasteiger partial charge in [0.2, 0.25) is 0 Å². The van der Waals surface area contributed by atoms with E-state index in [1.54, 1.807) is 19.2 Å². The molecule has 0 aromatic heterocycles. The molecule has 0 aliphatic heterocycles. The standard InChI is InChI=1S/C19H22ClN3O2.HI/c1-24-18-9-8-15(10-16(18)20)23-19(21)22-11-14-4-2-3-5-17(14)25-12-13-6-7-13;/h2-5,8-10,13H,6-7,11-12H2,1H3,(H3,21,22,23);1H. The lowest BCUT2D eigenvalue weighted by Gasteiger charge is -2.11. The molecule has 0 heterocycles. The maximum absolute atomic E-state index is 6.11. The molecule has 1 saturated carbocycles. The maximum atomic E-state index is 6.11. The number of hydrogen-bond donors (Lipinski definition) is 2. The van der Waals surface area contributed by atoms with Crippen molar-refractivity contribution in [2.45, 2.75) is 19.4 Å². The summed E-state index contributed by atoms with van der Waals surface area (Å²) in [4.78, 5) is 4.39. The van der Waals surface area contributed by atoms with E-state index in [0.29, 0.717) is 29.2 Å². The van der Waals surface area contributed by atoms with Crippen LogP contribution in [0.3, 0.4) is 0 Å². The van der Waals surface area contributed by atoms with Crippen LogP contribution in [0.1, 0.15) is 18.4 Å². The Morgan fingerprint density at radius 1 is 1.23 bits per heavy atom. The molecule has 3 rings (SSSR count). The van der Waals surface area contributed by atoms with Crippen molar-refractivity contribution in [2.75, 3.05) is 19.0 Å². The molecule has 0 bridgehead atoms. The molecule has 0 amide bonds. The smallest absolute Gasteiger partial charge is 0.193 e. The van der Waals surface area contributed by atoms with Crippen LogP contribution < -0.4 is 20.5 Å². The number of para-hydroxylation sites is 1. The van der Waals surface area contributed by atoms with E-state index in [-0.39, 0.29) is 24.0 Å². The fraction of sp³-hybridized carbons (Fsp3) is 0.316. The molecule has 1 aliphatic rings. The van der Waals surface area contributed by atoms with Crippen molar-refractivity contribution in [1.29, 1.82) is 0 Å². The van der Waals surface area contributed by atoms with E-state index >= 15 is 0 Å². The van der Waals surface area contributed by atoms with Crippen LogP contribution in [0.25, 0.3) is 0 Å². The van der Waals surface area contributed by atoms with Crippen molar-refractivity contribution in [2.24, 2.45) is 16.6 Å². The lowest BCUT2D eigenvalue weighted by atomic mass is 10.2. The molecule has 0 unspecified atom stereocenters. The highest BCUT2D eigenvalue weighted by Crippen LogP contribution is 2.30. The molecule has 140 valence electrons. The topological polar surface area (TPSA) is 68.9 Å². The molecule has 1 fully saturated rings. The fourth-order valence-corrected chi connectivity index (χ4v) is 2.63. The van der Waals surface area contributed by atoms with Crippen LogP contribution in [0, 0.1) is 5.92 Å². The number of nitrogens with zero attached hydrogens (tertiary/aromatic N) is 1. The Bertz CT molecular complexity index is 766. The van der Waals surface area contributed by atoms with Gasteiger partial charge in [0.15, 0.2) is 5.96 Å². The number of rotatable bonds is 7. The van der Waals surface area contributed by atoms with Gasteiger partial charge in [-0.2, -0.15) is 0 Å². The number of hydrogen-bond acceptors (Lipinski definition) is 3. The van der Waals surface area contributed by atoms with E-state index in [1.807, 2.05) is 30.3 Å². The lowest BCUT2D eigenvalue weighted by molar-refractivity contribution is 0.297. The zero-order chi connectivity index (χ0) is 17.6. The summed E-state index contributed by atoms with van der Waals surface area (Å²) in [5, 5.41) is 3.54. The highest BCUT2D eigenvalue weighted by atomic mass is 127. The van der Waals surface area contributed by atoms with Crippen molar-refractivity contribution >= 4 is 47.2 Å². The number of guanidine groups is 1. The van der Waals surface area contributed by atoms with E-state index in [9.17, 15) is 0 Å². The molecule has 5 nitrogen and oxygen atoms in total. The molecule has 3 N–H and O–H groups in total. The first-order valence-corrected chi connectivity index (χ1v) is 8.64. The monoisotopic (exact) mass is 487 g/mol. The highest BCUT2D eigenvalue weighted by molar-refractivity contribution is 14.0. The Labute approximate surface area is 175 Å². The minimum Gasteiger partial charge on any atom is -0.495 e. The molecule has 2 aromatic carbocycles. The minimum atomic E-state index is 0. The summed E-state index contributed by atoms with van der Waals surface area (Å²) < 4.78 is 11.0. The van der Waals surface area contributed by atoms with Crippen molar-refractivity contribution in [3.63, 3.8) is 0 Å². The number of methoxy groups -OCH3 is 1. The number of nitrogens with two attached hydrogens (primary N) is 1. The second-order valence-electron chi connectivity index (χ2n) is 6.04. The molecule has 0 radical (unpaired) electrons. The summed E-state index contributed by atoms with van der Waals surface area (Å²) >= 11 is 6.11. The zero-order valence-corrected chi connectivity index (χ0v) is 17.7. The van der Waals surface area contributed by atoms with Crippen LogP contribution in [0.5, 0.6) is 11.5 Å². The summed E-state index contributed by atoms with van der Waals surface area (Å²) in [5.74, 6) is 2.52. The van der Waals surface area contributed by atoms with Gasteiger partial charge in [-0.25, -0.2) is 4.99 Å². The van der Waals surface area contributed by atoms with Crippen LogP contribution in [0.4, 0.5) is 5.69 Å². The first-order chi connectivity index (χ1) is 12.2. The summed E-state index contributed by atoms with van der Waals surface area (Å²) in [6, 6.07) is 13.3. The third-order valence-electron chi connectivity index (χ3n) is 3.99. The molecule has 0 spiro atoms. The number of benzene rings is 2. The molecular formula is C19H23ClIN3O2. The Hall–Kier alpha value is -1.67. The Morgan fingerprint density at radius 2 is 2.00 bits per heavy atom. The van der Waals surface area contributed by atoms with Crippen LogP contribution >= 0.6 is 35.6 Å². The van der Waals surface area contributed by atoms with Crippen molar-refractivity contribution in [3.05, 3.63) is 53.1 Å². The first kappa shape index (κ1) is 20.6. The van der Waals surface area contributed by atoms with Gasteiger partial charge in [-0.3, -0.25) is 0 Å². The molecule has 26 heavy (non-hydrogen) atoms. The Kier molecular flexibility index (Phi) is 7.84. The average Bonchev–Trinajstić information content (AvgIpc) is 3.43. The number of aliphatic imine (C=N–C) groups is 1. The van der Waals surface area contributed by atoms with E-state index in [4.69, 9.17) is 26.8 Å². The van der Waals surface area contributed by atoms with Gasteiger partial charge in [-0.05, 0) is 43.0 Å². The van der Waals surface area contributed by atoms with Gasteiger partial charge < -0.3 is 20.5 Å². The van der Waals surface area contributed by atoms with Gasteiger partial charge in [-0.1, -0.05) is 29.8 Å². The van der Waals surface area contributed by atoms with E-state index in [2.05, 4.69) is 10.3 Å². The SMILES string of the molecule is COc1ccc(NC(N)=NCc2ccccc2OCC2CC2)cc1Cl.I. The predicted molar refractivity (Wildman–Crippen MR) is 117 cm³/mol. The maximum Gasteiger partial charge on any atom is 0.193 e. The normalized spacial score (nSPS) is 13.7. The Balaban J connectivity index is 0.00000243. The Morgan fingerprint density at radius 3 is 2.69 bits per heavy atom. The molecule has 2 aromatic rings. The quantitative estimate of drug-likeness (QED) is 0.338. The van der Waals surface area contributed by atoms with Gasteiger partial charge in [0.1, 0.15) is 11.5 Å². The van der Waals surface area contributed by atoms with Gasteiger partial charge in [0, 0.05) is 11.3 Å². The van der Waals surface area contributed by atoms with Crippen LogP contribution in [-0.4, -0.2) is 19.7 Å². The molecule has 0 atom stereocenters. The minimum absolute atomic E-state index is 0. The predicted octanol–water partition coefficient (Wildman–Crippen LogP) is 4.68. The van der Waals surface area contributed by atoms with Gasteiger partial charge in [0.05, 0.1) is 25.3 Å². The number of anilines is 1. The van der Waals surface area contributed by atoms with Crippen molar-refractivity contribution in [1.82, 2.24) is 0 Å². The van der Waals surface area contributed by atoms with Crippen molar-refractivity contribution in [3.8, 4) is 11.5 Å². The van der Waals surface area contributed by atoms with Gasteiger partial charge in [-0.15, -0.1) is 24.0 Å². The first-order valence-electron chi connectivity index (χ1n) is 8.27. The lowest BCUT2D eigenvalue weighted by Crippen LogP contribution is -2.22. The van der Waals surface area contributed by atoms with E-state index in [0.717, 1.165) is 23.6 Å². The molecular weight excluding hydrogens is 465 g/mol. The van der Waals surface area contributed by atoms with E-state index in [1.165, 1.54) is 12.8 Å². The number of halogens is 2. The summed E-state index contributed by atoms with van der Waals surface area (Å²) in [6.45, 7) is 1.22. The molecule has 0 saturated heterocycles. The second-order valence-corrected chi connectivity index (χ2v) is 6.45. The largest absolute Gasteiger partial charge is 0.495 e. The average molecular weight is 488 g/mol. The molecule has 1 aliphatic carbocycles. The van der Waals surface area contributed by atoms with Crippen molar-refractivity contribution < 1.29 is 9.47 Å². The van der Waals surface area contributed by atoms with E-state index < -0.39 is 0 Å². The summed E-state index contributed by atoms with van der Waals surface area (Å²) in [6.07, 6.45) is 2.53. The second kappa shape index (κ2) is 9.87. The highest BCUT2D eigenvalue weighted by Gasteiger charge is 2.22. The van der Waals surface area contributed by atoms with Crippen LogP contribution in [0.15, 0.2) is 47.5 Å². The summed E-state index contributed by atoms with van der Waals surface area (Å²) in [5.41, 5.74) is 7.75. The third-order valence-corrected chi connectivity index (χ3v) is 4.28. The molecule has 7 heteroatoms. The number of nitrogens with one attached hydrogen (secondary N) is 1. The van der Waals surface area contributed by atoms with Gasteiger partial charge in [0.25, 0.3) is 0 Å². The fourth-order valence-electron chi connectivity index (χ4n) is 2.37. The summed E-state index contributed by atoms with van der Waals surface area (Å²) in [7, 11) is 1.58. The van der Waals surface area contributed by atoms with Crippen LogP contribution in [0.2, 0.25) is 5.02 Å².